The van der Waals surface area contributed by atoms with E-state index >= 15 is 0 Å². The number of aliphatic carboxylic acids is 2. The summed E-state index contributed by atoms with van der Waals surface area (Å²) in [5.74, 6) is -1.80. The molecule has 0 bridgehead atoms. The van der Waals surface area contributed by atoms with Gasteiger partial charge in [0, 0.05) is 12.8 Å². The summed E-state index contributed by atoms with van der Waals surface area (Å²) in [6.07, 6.45) is 6.93. The summed E-state index contributed by atoms with van der Waals surface area (Å²) in [6, 6.07) is 0. The topological polar surface area (TPSA) is 112 Å². The first-order valence-electron chi connectivity index (χ1n) is 13.1. The number of ketones is 1. The van der Waals surface area contributed by atoms with E-state index in [0.717, 1.165) is 38.5 Å². The molecule has 4 saturated carbocycles. The van der Waals surface area contributed by atoms with Gasteiger partial charge in [-0.2, -0.15) is 0 Å². The lowest BCUT2D eigenvalue weighted by Crippen LogP contribution is -2.62. The lowest BCUT2D eigenvalue weighted by molar-refractivity contribution is -0.194. The number of fused-ring (bicyclic) bond motifs is 5. The van der Waals surface area contributed by atoms with Gasteiger partial charge in [-0.05, 0) is 90.8 Å². The van der Waals surface area contributed by atoms with E-state index in [4.69, 9.17) is 0 Å². The molecule has 4 aliphatic carbocycles. The van der Waals surface area contributed by atoms with Crippen LogP contribution in [0.3, 0.4) is 0 Å². The van der Waals surface area contributed by atoms with Crippen LogP contribution >= 0.6 is 0 Å². The van der Waals surface area contributed by atoms with Gasteiger partial charge in [0.1, 0.15) is 5.78 Å². The fraction of sp³-hybridized carbons (Fsp3) is 0.889. The molecule has 6 nitrogen and oxygen atoms in total. The van der Waals surface area contributed by atoms with E-state index in [0.29, 0.717) is 30.5 Å². The van der Waals surface area contributed by atoms with E-state index in [9.17, 15) is 29.7 Å². The maximum Gasteiger partial charge on any atom is 0.317 e. The van der Waals surface area contributed by atoms with Crippen molar-refractivity contribution in [2.75, 3.05) is 0 Å². The Morgan fingerprint density at radius 1 is 1.00 bits per heavy atom. The number of carboxylic acid groups (broad SMARTS) is 2. The average molecular weight is 463 g/mol. The molecule has 186 valence electrons. The minimum Gasteiger partial charge on any atom is -0.481 e. The van der Waals surface area contributed by atoms with Crippen LogP contribution in [0, 0.1) is 58.2 Å². The lowest BCUT2D eigenvalue weighted by Gasteiger charge is -2.64. The van der Waals surface area contributed by atoms with Crippen LogP contribution < -0.4 is 0 Å². The van der Waals surface area contributed by atoms with Gasteiger partial charge in [-0.3, -0.25) is 14.4 Å². The molecule has 33 heavy (non-hydrogen) atoms. The van der Waals surface area contributed by atoms with Crippen LogP contribution in [0.15, 0.2) is 0 Å². The van der Waals surface area contributed by atoms with Gasteiger partial charge in [0.2, 0.25) is 0 Å². The van der Waals surface area contributed by atoms with Crippen LogP contribution in [0.25, 0.3) is 0 Å². The Labute approximate surface area is 197 Å². The Bertz CT molecular complexity index is 794. The molecular weight excluding hydrogens is 420 g/mol. The third-order valence-electron chi connectivity index (χ3n) is 11.2. The quantitative estimate of drug-likeness (QED) is 0.496. The standard InChI is InChI=1S/C27H42O6/c1-5-16-21-13-15(28)8-10-27(21,4)20-9-11-26(3)18(6-7-19(26)22(20)23(16)29)14(2)12-17(24(30)31)25(32)33/h14,16-23,29H,5-13H2,1-4H3,(H,30,31)(H,32,33)/t14-,16-,18?,19?,20?,21+,22?,23-,26-,27-/m1/s1. The molecule has 0 saturated heterocycles. The Hall–Kier alpha value is -1.43. The van der Waals surface area contributed by atoms with Gasteiger partial charge in [0.05, 0.1) is 6.10 Å². The molecule has 0 radical (unpaired) electrons. The molecule has 4 fully saturated rings. The molecule has 4 unspecified atom stereocenters. The number of aliphatic hydroxyl groups is 1. The summed E-state index contributed by atoms with van der Waals surface area (Å²) in [5.41, 5.74) is 0.0936. The zero-order valence-electron chi connectivity index (χ0n) is 20.6. The fourth-order valence-electron chi connectivity index (χ4n) is 9.58. The molecule has 3 N–H and O–H groups in total. The number of carbonyl (C=O) groups excluding carboxylic acids is 1. The summed E-state index contributed by atoms with van der Waals surface area (Å²) in [7, 11) is 0. The van der Waals surface area contributed by atoms with Crippen molar-refractivity contribution in [3.8, 4) is 0 Å². The summed E-state index contributed by atoms with van der Waals surface area (Å²) >= 11 is 0. The summed E-state index contributed by atoms with van der Waals surface area (Å²) in [4.78, 5) is 35.4. The van der Waals surface area contributed by atoms with Gasteiger partial charge in [0.15, 0.2) is 5.92 Å². The number of aliphatic hydroxyl groups excluding tert-OH is 1. The van der Waals surface area contributed by atoms with E-state index < -0.39 is 24.0 Å². The number of hydrogen-bond acceptors (Lipinski definition) is 4. The van der Waals surface area contributed by atoms with Crippen molar-refractivity contribution in [3.05, 3.63) is 0 Å². The Kier molecular flexibility index (Phi) is 6.48. The molecule has 0 amide bonds. The number of carboxylic acids is 2. The number of carbonyl (C=O) groups is 3. The number of rotatable bonds is 6. The minimum atomic E-state index is -1.36. The van der Waals surface area contributed by atoms with Crippen LogP contribution in [0.1, 0.15) is 85.5 Å². The molecule has 0 aromatic carbocycles. The summed E-state index contributed by atoms with van der Waals surface area (Å²) in [6.45, 7) is 8.89. The van der Waals surface area contributed by atoms with Crippen molar-refractivity contribution in [2.24, 2.45) is 58.2 Å². The van der Waals surface area contributed by atoms with Gasteiger partial charge in [0.25, 0.3) is 0 Å². The summed E-state index contributed by atoms with van der Waals surface area (Å²) < 4.78 is 0. The molecule has 0 heterocycles. The molecule has 10 atom stereocenters. The SMILES string of the molecule is CC[C@H]1[C@@H](O)C2C3CCC([C@H](C)CC(C(=O)O)C(=O)O)[C@@]3(C)CCC2[C@@]2(C)CCC(=O)C[C@@H]12. The minimum absolute atomic E-state index is 0.00487. The van der Waals surface area contributed by atoms with Crippen LogP contribution in [0.2, 0.25) is 0 Å². The smallest absolute Gasteiger partial charge is 0.317 e. The second kappa shape index (κ2) is 8.66. The first kappa shape index (κ1) is 24.7. The molecule has 0 aromatic rings. The molecule has 0 aliphatic heterocycles. The second-order valence-corrected chi connectivity index (χ2v) is 12.4. The highest BCUT2D eigenvalue weighted by Gasteiger charge is 2.65. The highest BCUT2D eigenvalue weighted by atomic mass is 16.4. The van der Waals surface area contributed by atoms with Crippen LogP contribution in [-0.2, 0) is 14.4 Å². The Balaban J connectivity index is 1.61. The van der Waals surface area contributed by atoms with Crippen molar-refractivity contribution in [2.45, 2.75) is 91.6 Å². The van der Waals surface area contributed by atoms with Crippen LogP contribution in [0.5, 0.6) is 0 Å². The highest BCUT2D eigenvalue weighted by Crippen LogP contribution is 2.69. The molecular formula is C27H42O6. The van der Waals surface area contributed by atoms with Crippen LogP contribution in [-0.4, -0.2) is 39.1 Å². The van der Waals surface area contributed by atoms with E-state index in [1.165, 1.54) is 0 Å². The maximum atomic E-state index is 12.4. The van der Waals surface area contributed by atoms with E-state index in [-0.39, 0.29) is 46.8 Å². The first-order chi connectivity index (χ1) is 15.5. The average Bonchev–Trinajstić information content (AvgIpc) is 3.10. The maximum absolute atomic E-state index is 12.4. The van der Waals surface area contributed by atoms with Gasteiger partial charge in [-0.15, -0.1) is 0 Å². The first-order valence-corrected chi connectivity index (χ1v) is 13.1. The van der Waals surface area contributed by atoms with Crippen LogP contribution in [0.4, 0.5) is 0 Å². The van der Waals surface area contributed by atoms with Crippen molar-refractivity contribution in [1.29, 1.82) is 0 Å². The van der Waals surface area contributed by atoms with E-state index in [1.54, 1.807) is 0 Å². The molecule has 4 aliphatic rings. The third-order valence-corrected chi connectivity index (χ3v) is 11.2. The highest BCUT2D eigenvalue weighted by molar-refractivity contribution is 5.92. The van der Waals surface area contributed by atoms with E-state index in [1.807, 2.05) is 6.92 Å². The van der Waals surface area contributed by atoms with Crippen molar-refractivity contribution >= 4 is 17.7 Å². The Morgan fingerprint density at radius 2 is 1.64 bits per heavy atom. The lowest BCUT2D eigenvalue weighted by atomic mass is 9.41. The monoisotopic (exact) mass is 462 g/mol. The van der Waals surface area contributed by atoms with E-state index in [2.05, 4.69) is 20.8 Å². The summed E-state index contributed by atoms with van der Waals surface area (Å²) in [5, 5.41) is 30.5. The zero-order chi connectivity index (χ0) is 24.3. The predicted molar refractivity (Wildman–Crippen MR) is 123 cm³/mol. The van der Waals surface area contributed by atoms with Crippen molar-refractivity contribution in [1.82, 2.24) is 0 Å². The predicted octanol–water partition coefficient (Wildman–Crippen LogP) is 4.63. The Morgan fingerprint density at radius 3 is 2.24 bits per heavy atom. The van der Waals surface area contributed by atoms with Gasteiger partial charge >= 0.3 is 11.9 Å². The number of Topliss-reactive ketones (excluding diaryl/α,β-unsaturated/α-hetero) is 1. The number of hydrogen-bond donors (Lipinski definition) is 3. The largest absolute Gasteiger partial charge is 0.481 e. The molecule has 6 heteroatoms. The third kappa shape index (κ3) is 3.75. The van der Waals surface area contributed by atoms with Gasteiger partial charge in [-0.25, -0.2) is 0 Å². The molecule has 0 spiro atoms. The van der Waals surface area contributed by atoms with Crippen molar-refractivity contribution < 1.29 is 29.7 Å². The normalized spacial score (nSPS) is 45.8. The molecule has 0 aromatic heterocycles. The second-order valence-electron chi connectivity index (χ2n) is 12.4. The van der Waals surface area contributed by atoms with Gasteiger partial charge in [-0.1, -0.05) is 34.1 Å². The van der Waals surface area contributed by atoms with Crippen molar-refractivity contribution in [3.63, 3.8) is 0 Å². The fourth-order valence-corrected chi connectivity index (χ4v) is 9.58. The zero-order valence-corrected chi connectivity index (χ0v) is 20.6. The van der Waals surface area contributed by atoms with Gasteiger partial charge < -0.3 is 15.3 Å². The molecule has 4 rings (SSSR count).